The molecule has 0 saturated carbocycles. The van der Waals surface area contributed by atoms with Gasteiger partial charge in [0.05, 0.1) is 5.52 Å². The van der Waals surface area contributed by atoms with Crippen molar-refractivity contribution in [3.8, 4) is 5.69 Å². The highest BCUT2D eigenvalue weighted by molar-refractivity contribution is 5.85. The Morgan fingerprint density at radius 1 is 0.900 bits per heavy atom. The molecule has 0 saturated heterocycles. The molecule has 3 aromatic carbocycles. The van der Waals surface area contributed by atoms with E-state index in [-0.39, 0.29) is 5.82 Å². The van der Waals surface area contributed by atoms with Crippen molar-refractivity contribution in [2.75, 3.05) is 13.6 Å². The normalized spacial score (nSPS) is 11.5. The monoisotopic (exact) mass is 400 g/mol. The van der Waals surface area contributed by atoms with Crippen LogP contribution < -0.4 is 0 Å². The minimum absolute atomic E-state index is 0.206. The van der Waals surface area contributed by atoms with Crippen molar-refractivity contribution in [1.29, 1.82) is 0 Å². The Balaban J connectivity index is 1.46. The molecule has 154 valence electrons. The summed E-state index contributed by atoms with van der Waals surface area (Å²) in [6.07, 6.45) is 4.33. The van der Waals surface area contributed by atoms with Gasteiger partial charge in [0.25, 0.3) is 0 Å². The number of halogens is 1. The molecule has 3 heteroatoms. The van der Waals surface area contributed by atoms with Crippen LogP contribution in [0.4, 0.5) is 4.39 Å². The van der Waals surface area contributed by atoms with Gasteiger partial charge in [0.15, 0.2) is 0 Å². The third-order valence-electron chi connectivity index (χ3n) is 5.82. The number of benzene rings is 3. The quantitative estimate of drug-likeness (QED) is 0.346. The van der Waals surface area contributed by atoms with Crippen LogP contribution in [0, 0.1) is 19.7 Å². The highest BCUT2D eigenvalue weighted by Crippen LogP contribution is 2.26. The number of para-hydroxylation sites is 1. The highest BCUT2D eigenvalue weighted by atomic mass is 19.1. The number of hydrogen-bond donors (Lipinski definition) is 0. The molecule has 1 aromatic heterocycles. The van der Waals surface area contributed by atoms with E-state index in [1.807, 2.05) is 12.1 Å². The first kappa shape index (κ1) is 20.4. The lowest BCUT2D eigenvalue weighted by Gasteiger charge is -2.18. The summed E-state index contributed by atoms with van der Waals surface area (Å²) < 4.78 is 15.5. The fourth-order valence-electron chi connectivity index (χ4n) is 4.20. The Morgan fingerprint density at radius 2 is 1.67 bits per heavy atom. The van der Waals surface area contributed by atoms with Crippen LogP contribution >= 0.6 is 0 Å². The zero-order valence-corrected chi connectivity index (χ0v) is 18.0. The lowest BCUT2D eigenvalue weighted by molar-refractivity contribution is 0.321. The van der Waals surface area contributed by atoms with Gasteiger partial charge in [-0.3, -0.25) is 0 Å². The van der Waals surface area contributed by atoms with Crippen LogP contribution in [0.25, 0.3) is 16.6 Å². The van der Waals surface area contributed by atoms with Crippen LogP contribution in [0.2, 0.25) is 0 Å². The SMILES string of the molecule is Cc1ccc(CN(C)CCCc2cn(-c3ccc(F)cc3)c3ccccc23)c(C)c1. The zero-order chi connectivity index (χ0) is 21.1. The lowest BCUT2D eigenvalue weighted by Crippen LogP contribution is -2.20. The van der Waals surface area contributed by atoms with E-state index >= 15 is 0 Å². The first-order valence-corrected chi connectivity index (χ1v) is 10.6. The number of aromatic nitrogens is 1. The summed E-state index contributed by atoms with van der Waals surface area (Å²) in [7, 11) is 2.20. The molecular formula is C27H29FN2. The maximum Gasteiger partial charge on any atom is 0.123 e. The molecule has 4 aromatic rings. The van der Waals surface area contributed by atoms with Gasteiger partial charge in [0.2, 0.25) is 0 Å². The molecule has 0 amide bonds. The largest absolute Gasteiger partial charge is 0.316 e. The molecule has 0 aliphatic heterocycles. The Bertz CT molecular complexity index is 1140. The average Bonchev–Trinajstić information content (AvgIpc) is 3.10. The molecule has 0 spiro atoms. The van der Waals surface area contributed by atoms with Crippen LogP contribution in [0.15, 0.2) is 72.9 Å². The van der Waals surface area contributed by atoms with Gasteiger partial charge >= 0.3 is 0 Å². The van der Waals surface area contributed by atoms with Crippen molar-refractivity contribution in [3.63, 3.8) is 0 Å². The summed E-state index contributed by atoms with van der Waals surface area (Å²) in [5, 5.41) is 1.28. The molecule has 30 heavy (non-hydrogen) atoms. The molecule has 0 aliphatic rings. The minimum atomic E-state index is -0.206. The van der Waals surface area contributed by atoms with E-state index < -0.39 is 0 Å². The predicted octanol–water partition coefficient (Wildman–Crippen LogP) is 6.45. The molecule has 4 rings (SSSR count). The molecule has 0 bridgehead atoms. The van der Waals surface area contributed by atoms with E-state index in [1.165, 1.54) is 45.3 Å². The Labute approximate surface area is 178 Å². The maximum absolute atomic E-state index is 13.4. The number of hydrogen-bond acceptors (Lipinski definition) is 1. The Hall–Kier alpha value is -2.91. The third-order valence-corrected chi connectivity index (χ3v) is 5.82. The first-order chi connectivity index (χ1) is 14.5. The molecule has 1 heterocycles. The molecular weight excluding hydrogens is 371 g/mol. The van der Waals surface area contributed by atoms with E-state index in [0.717, 1.165) is 31.6 Å². The lowest BCUT2D eigenvalue weighted by atomic mass is 10.1. The van der Waals surface area contributed by atoms with Crippen LogP contribution in [-0.4, -0.2) is 23.1 Å². The molecule has 0 atom stereocenters. The molecule has 0 radical (unpaired) electrons. The molecule has 0 aliphatic carbocycles. The molecule has 0 unspecified atom stereocenters. The van der Waals surface area contributed by atoms with Crippen molar-refractivity contribution in [1.82, 2.24) is 9.47 Å². The Morgan fingerprint density at radius 3 is 2.43 bits per heavy atom. The number of nitrogens with zero attached hydrogens (tertiary/aromatic N) is 2. The fraction of sp³-hybridized carbons (Fsp3) is 0.259. The highest BCUT2D eigenvalue weighted by Gasteiger charge is 2.10. The van der Waals surface area contributed by atoms with Gasteiger partial charge in [-0.15, -0.1) is 0 Å². The predicted molar refractivity (Wildman–Crippen MR) is 124 cm³/mol. The van der Waals surface area contributed by atoms with Gasteiger partial charge in [0.1, 0.15) is 5.82 Å². The first-order valence-electron chi connectivity index (χ1n) is 10.6. The second-order valence-corrected chi connectivity index (χ2v) is 8.29. The van der Waals surface area contributed by atoms with Crippen molar-refractivity contribution >= 4 is 10.9 Å². The topological polar surface area (TPSA) is 8.17 Å². The maximum atomic E-state index is 13.4. The van der Waals surface area contributed by atoms with Crippen LogP contribution in [0.1, 0.15) is 28.7 Å². The van der Waals surface area contributed by atoms with Crippen molar-refractivity contribution in [3.05, 3.63) is 101 Å². The van der Waals surface area contributed by atoms with E-state index in [0.29, 0.717) is 0 Å². The summed E-state index contributed by atoms with van der Waals surface area (Å²) in [5.41, 5.74) is 7.58. The van der Waals surface area contributed by atoms with E-state index in [4.69, 9.17) is 0 Å². The van der Waals surface area contributed by atoms with E-state index in [1.54, 1.807) is 0 Å². The van der Waals surface area contributed by atoms with Crippen LogP contribution in [-0.2, 0) is 13.0 Å². The average molecular weight is 401 g/mol. The van der Waals surface area contributed by atoms with Gasteiger partial charge in [-0.25, -0.2) is 4.39 Å². The van der Waals surface area contributed by atoms with Crippen molar-refractivity contribution < 1.29 is 4.39 Å². The summed E-state index contributed by atoms with van der Waals surface area (Å²) in [5.74, 6) is -0.206. The minimum Gasteiger partial charge on any atom is -0.316 e. The van der Waals surface area contributed by atoms with Crippen molar-refractivity contribution in [2.24, 2.45) is 0 Å². The summed E-state index contributed by atoms with van der Waals surface area (Å²) >= 11 is 0. The van der Waals surface area contributed by atoms with Crippen LogP contribution in [0.3, 0.4) is 0 Å². The Kier molecular flexibility index (Phi) is 6.01. The molecule has 0 fully saturated rings. The van der Waals surface area contributed by atoms with Gasteiger partial charge in [0, 0.05) is 23.8 Å². The number of fused-ring (bicyclic) bond motifs is 1. The second kappa shape index (κ2) is 8.85. The molecule has 0 N–H and O–H groups in total. The fourth-order valence-corrected chi connectivity index (χ4v) is 4.20. The molecule has 2 nitrogen and oxygen atoms in total. The third kappa shape index (κ3) is 4.47. The standard InChI is InChI=1S/C27H29FN2/c1-20-10-11-22(21(2)17-20)18-29(3)16-6-7-23-19-30(25-14-12-24(28)13-15-25)27-9-5-4-8-26(23)27/h4-5,8-15,17,19H,6-7,16,18H2,1-3H3. The van der Waals surface area contributed by atoms with Gasteiger partial charge in [-0.2, -0.15) is 0 Å². The summed E-state index contributed by atoms with van der Waals surface area (Å²) in [6.45, 7) is 6.36. The van der Waals surface area contributed by atoms with Gasteiger partial charge in [-0.05, 0) is 87.3 Å². The summed E-state index contributed by atoms with van der Waals surface area (Å²) in [6, 6.07) is 21.9. The zero-order valence-electron chi connectivity index (χ0n) is 18.0. The number of rotatable bonds is 7. The number of aryl methyl sites for hydroxylation is 3. The van der Waals surface area contributed by atoms with Gasteiger partial charge < -0.3 is 9.47 Å². The van der Waals surface area contributed by atoms with Gasteiger partial charge in [-0.1, -0.05) is 42.0 Å². The van der Waals surface area contributed by atoms with Crippen LogP contribution in [0.5, 0.6) is 0 Å². The van der Waals surface area contributed by atoms with Crippen molar-refractivity contribution in [2.45, 2.75) is 33.2 Å². The van der Waals surface area contributed by atoms with E-state index in [2.05, 4.69) is 79.0 Å². The second-order valence-electron chi connectivity index (χ2n) is 8.29. The smallest absolute Gasteiger partial charge is 0.123 e. The summed E-state index contributed by atoms with van der Waals surface area (Å²) in [4.78, 5) is 2.40. The van der Waals surface area contributed by atoms with E-state index in [9.17, 15) is 4.39 Å².